The van der Waals surface area contributed by atoms with E-state index in [1.165, 1.54) is 11.1 Å². The maximum absolute atomic E-state index is 6.04. The molecule has 64 valence electrons. The van der Waals surface area contributed by atoms with Crippen molar-refractivity contribution in [2.45, 2.75) is 25.3 Å². The first-order valence-electron chi connectivity index (χ1n) is 4.20. The van der Waals surface area contributed by atoms with Gasteiger partial charge in [0.1, 0.15) is 0 Å². The van der Waals surface area contributed by atoms with E-state index in [0.717, 1.165) is 11.4 Å². The highest BCUT2D eigenvalue weighted by atomic mass is 35.5. The van der Waals surface area contributed by atoms with Gasteiger partial charge in [-0.3, -0.25) is 0 Å². The van der Waals surface area contributed by atoms with E-state index in [-0.39, 0.29) is 0 Å². The zero-order valence-corrected chi connectivity index (χ0v) is 7.81. The van der Waals surface area contributed by atoms with Crippen LogP contribution in [-0.2, 0) is 0 Å². The van der Waals surface area contributed by atoms with Crippen molar-refractivity contribution in [3.05, 3.63) is 34.3 Å². The van der Waals surface area contributed by atoms with E-state index < -0.39 is 0 Å². The van der Waals surface area contributed by atoms with Crippen LogP contribution < -0.4 is 5.73 Å². The van der Waals surface area contributed by atoms with E-state index in [2.05, 4.69) is 13.0 Å². The number of rotatable bonds is 1. The fourth-order valence-corrected chi connectivity index (χ4v) is 1.78. The highest BCUT2D eigenvalue weighted by Gasteiger charge is 2.36. The molecule has 0 spiro atoms. The van der Waals surface area contributed by atoms with E-state index in [4.69, 9.17) is 17.3 Å². The molecule has 0 bridgehead atoms. The van der Waals surface area contributed by atoms with E-state index in [1.807, 2.05) is 12.1 Å². The molecule has 2 heteroatoms. The second kappa shape index (κ2) is 2.75. The Hall–Kier alpha value is -0.530. The topological polar surface area (TPSA) is 26.0 Å². The molecule has 2 atom stereocenters. The lowest BCUT2D eigenvalue weighted by Crippen LogP contribution is -2.01. The maximum Gasteiger partial charge on any atom is 0.0441 e. The standard InChI is InChI=1S/C10H12ClN/c1-6-2-3-9(11)7(4-6)8-5-10(8)12/h2-4,8,10H,5,12H2,1H3. The monoisotopic (exact) mass is 181 g/mol. The van der Waals surface area contributed by atoms with E-state index in [0.29, 0.717) is 12.0 Å². The summed E-state index contributed by atoms with van der Waals surface area (Å²) in [5.74, 6) is 0.511. The van der Waals surface area contributed by atoms with E-state index in [1.54, 1.807) is 0 Å². The minimum atomic E-state index is 0.337. The van der Waals surface area contributed by atoms with Gasteiger partial charge in [-0.15, -0.1) is 0 Å². The molecule has 1 saturated carbocycles. The summed E-state index contributed by atoms with van der Waals surface area (Å²) in [4.78, 5) is 0. The van der Waals surface area contributed by atoms with Gasteiger partial charge >= 0.3 is 0 Å². The lowest BCUT2D eigenvalue weighted by Gasteiger charge is -2.03. The fraction of sp³-hybridized carbons (Fsp3) is 0.400. The van der Waals surface area contributed by atoms with Crippen LogP contribution in [0.5, 0.6) is 0 Å². The Kier molecular flexibility index (Phi) is 1.85. The Balaban J connectivity index is 2.36. The first-order chi connectivity index (χ1) is 5.68. The highest BCUT2D eigenvalue weighted by molar-refractivity contribution is 6.31. The van der Waals surface area contributed by atoms with Gasteiger partial charge in [-0.2, -0.15) is 0 Å². The second-order valence-corrected chi connectivity index (χ2v) is 3.94. The first kappa shape index (κ1) is 8.09. The third-order valence-corrected chi connectivity index (χ3v) is 2.73. The average molecular weight is 182 g/mol. The van der Waals surface area contributed by atoms with Crippen molar-refractivity contribution in [3.63, 3.8) is 0 Å². The van der Waals surface area contributed by atoms with Gasteiger partial charge in [0, 0.05) is 17.0 Å². The third kappa shape index (κ3) is 1.35. The quantitative estimate of drug-likeness (QED) is 0.708. The molecule has 1 aromatic rings. The van der Waals surface area contributed by atoms with Crippen LogP contribution >= 0.6 is 11.6 Å². The molecule has 2 rings (SSSR count). The van der Waals surface area contributed by atoms with Gasteiger partial charge in [0.05, 0.1) is 0 Å². The zero-order valence-electron chi connectivity index (χ0n) is 7.05. The van der Waals surface area contributed by atoms with Gasteiger partial charge in [-0.25, -0.2) is 0 Å². The molecule has 1 fully saturated rings. The third-order valence-electron chi connectivity index (χ3n) is 2.39. The summed E-state index contributed by atoms with van der Waals surface area (Å²) in [7, 11) is 0. The van der Waals surface area contributed by atoms with E-state index >= 15 is 0 Å². The van der Waals surface area contributed by atoms with E-state index in [9.17, 15) is 0 Å². The SMILES string of the molecule is Cc1ccc(Cl)c(C2CC2N)c1. The van der Waals surface area contributed by atoms with Crippen molar-refractivity contribution in [2.24, 2.45) is 5.73 Å². The molecule has 2 unspecified atom stereocenters. The van der Waals surface area contributed by atoms with Crippen LogP contribution in [-0.4, -0.2) is 6.04 Å². The predicted molar refractivity (Wildman–Crippen MR) is 51.5 cm³/mol. The van der Waals surface area contributed by atoms with Crippen LogP contribution in [0.1, 0.15) is 23.5 Å². The van der Waals surface area contributed by atoms with Crippen molar-refractivity contribution in [1.82, 2.24) is 0 Å². The lowest BCUT2D eigenvalue weighted by molar-refractivity contribution is 0.989. The van der Waals surface area contributed by atoms with Crippen molar-refractivity contribution in [2.75, 3.05) is 0 Å². The number of nitrogens with two attached hydrogens (primary N) is 1. The van der Waals surface area contributed by atoms with Crippen molar-refractivity contribution in [3.8, 4) is 0 Å². The van der Waals surface area contributed by atoms with Gasteiger partial charge in [0.2, 0.25) is 0 Å². The fourth-order valence-electron chi connectivity index (χ4n) is 1.52. The maximum atomic E-state index is 6.04. The molecule has 12 heavy (non-hydrogen) atoms. The largest absolute Gasteiger partial charge is 0.327 e. The van der Waals surface area contributed by atoms with Crippen LogP contribution in [0.2, 0.25) is 5.02 Å². The summed E-state index contributed by atoms with van der Waals surface area (Å²) in [6, 6.07) is 6.46. The molecule has 0 saturated heterocycles. The van der Waals surface area contributed by atoms with Crippen molar-refractivity contribution < 1.29 is 0 Å². The number of hydrogen-bond donors (Lipinski definition) is 1. The molecular formula is C10H12ClN. The summed E-state index contributed by atoms with van der Waals surface area (Å²) in [5, 5.41) is 0.860. The Morgan fingerprint density at radius 2 is 2.17 bits per heavy atom. The Morgan fingerprint density at radius 3 is 2.75 bits per heavy atom. The zero-order chi connectivity index (χ0) is 8.72. The molecule has 1 nitrogen and oxygen atoms in total. The van der Waals surface area contributed by atoms with Crippen LogP contribution in [0.3, 0.4) is 0 Å². The van der Waals surface area contributed by atoms with Gasteiger partial charge in [0.25, 0.3) is 0 Å². The molecular weight excluding hydrogens is 170 g/mol. The summed E-state index contributed by atoms with van der Waals surface area (Å²) in [6.07, 6.45) is 1.09. The Morgan fingerprint density at radius 1 is 1.50 bits per heavy atom. The lowest BCUT2D eigenvalue weighted by atomic mass is 10.1. The molecule has 0 heterocycles. The summed E-state index contributed by atoms with van der Waals surface area (Å²) in [5.41, 5.74) is 8.24. The number of benzene rings is 1. The Labute approximate surface area is 77.5 Å². The Bertz CT molecular complexity index is 309. The summed E-state index contributed by atoms with van der Waals surface area (Å²) >= 11 is 6.04. The normalized spacial score (nSPS) is 27.2. The number of aryl methyl sites for hydroxylation is 1. The molecule has 2 N–H and O–H groups in total. The molecule has 0 amide bonds. The van der Waals surface area contributed by atoms with Crippen molar-refractivity contribution in [1.29, 1.82) is 0 Å². The predicted octanol–water partition coefficient (Wildman–Crippen LogP) is 2.46. The summed E-state index contributed by atoms with van der Waals surface area (Å²) in [6.45, 7) is 2.08. The van der Waals surface area contributed by atoms with Crippen molar-refractivity contribution >= 4 is 11.6 Å². The molecule has 1 aliphatic rings. The molecule has 1 aromatic carbocycles. The van der Waals surface area contributed by atoms with Crippen LogP contribution in [0.4, 0.5) is 0 Å². The second-order valence-electron chi connectivity index (χ2n) is 3.53. The molecule has 0 aliphatic heterocycles. The van der Waals surface area contributed by atoms with Crippen LogP contribution in [0.25, 0.3) is 0 Å². The van der Waals surface area contributed by atoms with Gasteiger partial charge in [-0.05, 0) is 25.0 Å². The minimum absolute atomic E-state index is 0.337. The minimum Gasteiger partial charge on any atom is -0.327 e. The van der Waals surface area contributed by atoms with Gasteiger partial charge in [0.15, 0.2) is 0 Å². The van der Waals surface area contributed by atoms with Gasteiger partial charge in [-0.1, -0.05) is 29.3 Å². The average Bonchev–Trinajstić information content (AvgIpc) is 2.73. The molecule has 0 radical (unpaired) electrons. The van der Waals surface area contributed by atoms with Gasteiger partial charge < -0.3 is 5.73 Å². The number of hydrogen-bond acceptors (Lipinski definition) is 1. The molecule has 0 aromatic heterocycles. The van der Waals surface area contributed by atoms with Crippen LogP contribution in [0.15, 0.2) is 18.2 Å². The first-order valence-corrected chi connectivity index (χ1v) is 4.58. The molecule has 1 aliphatic carbocycles. The summed E-state index contributed by atoms with van der Waals surface area (Å²) < 4.78 is 0. The smallest absolute Gasteiger partial charge is 0.0441 e. The van der Waals surface area contributed by atoms with Crippen LogP contribution in [0, 0.1) is 6.92 Å². The highest BCUT2D eigenvalue weighted by Crippen LogP contribution is 2.42. The number of halogens is 1.